The standard InChI is InChI=1S/C21H24N2O3/c1-2-8-24-19-11-21-20(25-13-26-21)9-14(19)12-23-15-5-6-18(23)16-4-3-7-22-17(16)10-15/h3-4,7,9,11,15,18H,2,5-6,8,10,12-13H2,1H3/t15-,18-/m1/s1. The molecule has 0 aliphatic carbocycles. The van der Waals surface area contributed by atoms with E-state index >= 15 is 0 Å². The lowest BCUT2D eigenvalue weighted by atomic mass is 9.97. The molecule has 3 aliphatic heterocycles. The zero-order valence-electron chi connectivity index (χ0n) is 15.1. The minimum absolute atomic E-state index is 0.292. The second-order valence-electron chi connectivity index (χ2n) is 7.32. The van der Waals surface area contributed by atoms with E-state index < -0.39 is 0 Å². The van der Waals surface area contributed by atoms with Gasteiger partial charge in [0.15, 0.2) is 11.5 Å². The number of hydrogen-bond donors (Lipinski definition) is 0. The molecular weight excluding hydrogens is 328 g/mol. The van der Waals surface area contributed by atoms with Crippen molar-refractivity contribution in [2.75, 3.05) is 13.4 Å². The maximum atomic E-state index is 6.04. The highest BCUT2D eigenvalue weighted by Crippen LogP contribution is 2.46. The SMILES string of the molecule is CCCOc1cc2c(cc1CN1[C@@H]3CC[C@@H]1c1cccnc1C3)OCO2. The zero-order chi connectivity index (χ0) is 17.5. The summed E-state index contributed by atoms with van der Waals surface area (Å²) < 4.78 is 17.2. The van der Waals surface area contributed by atoms with E-state index in [1.54, 1.807) is 0 Å². The van der Waals surface area contributed by atoms with Gasteiger partial charge in [0.2, 0.25) is 6.79 Å². The molecule has 1 aromatic carbocycles. The summed E-state index contributed by atoms with van der Waals surface area (Å²) in [7, 11) is 0. The Bertz CT molecular complexity index is 823. The highest BCUT2D eigenvalue weighted by Gasteiger charge is 2.40. The molecule has 2 aromatic rings. The largest absolute Gasteiger partial charge is 0.493 e. The van der Waals surface area contributed by atoms with Crippen LogP contribution in [0, 0.1) is 0 Å². The summed E-state index contributed by atoms with van der Waals surface area (Å²) in [5, 5.41) is 0. The van der Waals surface area contributed by atoms with Gasteiger partial charge >= 0.3 is 0 Å². The molecule has 2 bridgehead atoms. The lowest BCUT2D eigenvalue weighted by Gasteiger charge is -2.36. The van der Waals surface area contributed by atoms with Gasteiger partial charge in [-0.2, -0.15) is 0 Å². The third-order valence-electron chi connectivity index (χ3n) is 5.73. The monoisotopic (exact) mass is 352 g/mol. The van der Waals surface area contributed by atoms with Crippen LogP contribution in [-0.2, 0) is 13.0 Å². The van der Waals surface area contributed by atoms with E-state index in [1.807, 2.05) is 12.3 Å². The van der Waals surface area contributed by atoms with E-state index in [0.29, 0.717) is 25.5 Å². The maximum absolute atomic E-state index is 6.04. The molecule has 1 saturated heterocycles. The zero-order valence-corrected chi connectivity index (χ0v) is 15.1. The number of benzene rings is 1. The fourth-order valence-electron chi connectivity index (χ4n) is 4.51. The Labute approximate surface area is 153 Å². The summed E-state index contributed by atoms with van der Waals surface area (Å²) in [6.45, 7) is 4.01. The molecule has 5 heteroatoms. The van der Waals surface area contributed by atoms with Crippen molar-refractivity contribution in [3.8, 4) is 17.2 Å². The molecule has 0 spiro atoms. The van der Waals surface area contributed by atoms with Crippen LogP contribution >= 0.6 is 0 Å². The van der Waals surface area contributed by atoms with Crippen LogP contribution in [0.3, 0.4) is 0 Å². The van der Waals surface area contributed by atoms with Gasteiger partial charge in [0, 0.05) is 48.6 Å². The molecule has 0 saturated carbocycles. The molecule has 5 rings (SSSR count). The van der Waals surface area contributed by atoms with E-state index in [1.165, 1.54) is 29.7 Å². The third-order valence-corrected chi connectivity index (χ3v) is 5.73. The second-order valence-corrected chi connectivity index (χ2v) is 7.32. The minimum Gasteiger partial charge on any atom is -0.493 e. The van der Waals surface area contributed by atoms with Gasteiger partial charge < -0.3 is 14.2 Å². The van der Waals surface area contributed by atoms with Crippen molar-refractivity contribution in [1.29, 1.82) is 0 Å². The first-order valence-corrected chi connectivity index (χ1v) is 9.58. The summed E-state index contributed by atoms with van der Waals surface area (Å²) in [4.78, 5) is 7.24. The van der Waals surface area contributed by atoms with Crippen LogP contribution in [0.5, 0.6) is 17.2 Å². The number of fused-ring (bicyclic) bond motifs is 5. The molecule has 5 nitrogen and oxygen atoms in total. The third kappa shape index (κ3) is 2.62. The van der Waals surface area contributed by atoms with Gasteiger partial charge in [-0.05, 0) is 37.0 Å². The summed E-state index contributed by atoms with van der Waals surface area (Å²) in [6, 6.07) is 9.43. The van der Waals surface area contributed by atoms with E-state index in [4.69, 9.17) is 14.2 Å². The maximum Gasteiger partial charge on any atom is 0.231 e. The number of pyridine rings is 1. The molecule has 136 valence electrons. The van der Waals surface area contributed by atoms with Crippen LogP contribution in [0.2, 0.25) is 0 Å². The highest BCUT2D eigenvalue weighted by molar-refractivity contribution is 5.52. The molecule has 0 radical (unpaired) electrons. The van der Waals surface area contributed by atoms with Crippen molar-refractivity contribution >= 4 is 0 Å². The van der Waals surface area contributed by atoms with Gasteiger partial charge in [0.05, 0.1) is 6.61 Å². The van der Waals surface area contributed by atoms with Gasteiger partial charge in [0.25, 0.3) is 0 Å². The van der Waals surface area contributed by atoms with E-state index in [-0.39, 0.29) is 0 Å². The number of aromatic nitrogens is 1. The van der Waals surface area contributed by atoms with Crippen molar-refractivity contribution in [3.63, 3.8) is 0 Å². The van der Waals surface area contributed by atoms with Gasteiger partial charge in [-0.25, -0.2) is 0 Å². The second kappa shape index (κ2) is 6.47. The van der Waals surface area contributed by atoms with E-state index in [2.05, 4.69) is 35.0 Å². The Morgan fingerprint density at radius 1 is 1.23 bits per heavy atom. The number of rotatable bonds is 5. The smallest absolute Gasteiger partial charge is 0.231 e. The molecule has 1 aromatic heterocycles. The average Bonchev–Trinajstić information content (AvgIpc) is 3.22. The fourth-order valence-corrected chi connectivity index (χ4v) is 4.51. The Morgan fingerprint density at radius 2 is 2.12 bits per heavy atom. The molecule has 3 aliphatic rings. The molecule has 1 fully saturated rings. The molecule has 2 atom stereocenters. The summed E-state index contributed by atoms with van der Waals surface area (Å²) in [5.74, 6) is 2.54. The van der Waals surface area contributed by atoms with Crippen molar-refractivity contribution in [2.24, 2.45) is 0 Å². The van der Waals surface area contributed by atoms with Crippen LogP contribution in [0.4, 0.5) is 0 Å². The normalized spacial score (nSPS) is 23.1. The molecular formula is C21H24N2O3. The molecule has 4 heterocycles. The van der Waals surface area contributed by atoms with Gasteiger partial charge in [-0.15, -0.1) is 0 Å². The lowest BCUT2D eigenvalue weighted by Crippen LogP contribution is -2.37. The Morgan fingerprint density at radius 3 is 3.00 bits per heavy atom. The topological polar surface area (TPSA) is 43.8 Å². The molecule has 26 heavy (non-hydrogen) atoms. The van der Waals surface area contributed by atoms with Crippen molar-refractivity contribution in [2.45, 2.75) is 51.2 Å². The quantitative estimate of drug-likeness (QED) is 0.817. The van der Waals surface area contributed by atoms with Gasteiger partial charge in [0.1, 0.15) is 5.75 Å². The van der Waals surface area contributed by atoms with Crippen molar-refractivity contribution in [3.05, 3.63) is 47.3 Å². The van der Waals surface area contributed by atoms with Crippen molar-refractivity contribution in [1.82, 2.24) is 9.88 Å². The number of nitrogens with zero attached hydrogens (tertiary/aromatic N) is 2. The Balaban J connectivity index is 1.46. The van der Waals surface area contributed by atoms with E-state index in [0.717, 1.165) is 36.6 Å². The lowest BCUT2D eigenvalue weighted by molar-refractivity contribution is 0.163. The Hall–Kier alpha value is -2.27. The van der Waals surface area contributed by atoms with Gasteiger partial charge in [-0.1, -0.05) is 13.0 Å². The van der Waals surface area contributed by atoms with E-state index in [9.17, 15) is 0 Å². The summed E-state index contributed by atoms with van der Waals surface area (Å²) >= 11 is 0. The van der Waals surface area contributed by atoms with Crippen molar-refractivity contribution < 1.29 is 14.2 Å². The van der Waals surface area contributed by atoms with Crippen LogP contribution in [0.1, 0.15) is 49.0 Å². The van der Waals surface area contributed by atoms with Crippen LogP contribution < -0.4 is 14.2 Å². The highest BCUT2D eigenvalue weighted by atomic mass is 16.7. The predicted octanol–water partition coefficient (Wildman–Crippen LogP) is 3.86. The molecule has 0 N–H and O–H groups in total. The Kier molecular flexibility index (Phi) is 3.97. The fraction of sp³-hybridized carbons (Fsp3) is 0.476. The average molecular weight is 352 g/mol. The molecule has 0 unspecified atom stereocenters. The van der Waals surface area contributed by atoms with Crippen LogP contribution in [-0.4, -0.2) is 29.3 Å². The van der Waals surface area contributed by atoms with Crippen LogP contribution in [0.15, 0.2) is 30.5 Å². The molecule has 0 amide bonds. The van der Waals surface area contributed by atoms with Crippen LogP contribution in [0.25, 0.3) is 0 Å². The first-order chi connectivity index (χ1) is 12.8. The predicted molar refractivity (Wildman–Crippen MR) is 97.6 cm³/mol. The number of hydrogen-bond acceptors (Lipinski definition) is 5. The first kappa shape index (κ1) is 15.9. The minimum atomic E-state index is 0.292. The number of ether oxygens (including phenoxy) is 3. The summed E-state index contributed by atoms with van der Waals surface area (Å²) in [5.41, 5.74) is 3.87. The van der Waals surface area contributed by atoms with Gasteiger partial charge in [-0.3, -0.25) is 9.88 Å². The first-order valence-electron chi connectivity index (χ1n) is 9.58. The summed E-state index contributed by atoms with van der Waals surface area (Å²) in [6.07, 6.45) is 6.39.